The molecule has 3 N–H and O–H groups in total. The van der Waals surface area contributed by atoms with Crippen LogP contribution in [0.3, 0.4) is 0 Å². The Labute approximate surface area is 151 Å². The van der Waals surface area contributed by atoms with Crippen molar-refractivity contribution in [2.24, 2.45) is 10.2 Å². The van der Waals surface area contributed by atoms with E-state index in [1.165, 1.54) is 19.1 Å². The summed E-state index contributed by atoms with van der Waals surface area (Å²) in [5.41, 5.74) is -1.57. The van der Waals surface area contributed by atoms with Crippen LogP contribution in [0.2, 0.25) is 0 Å². The summed E-state index contributed by atoms with van der Waals surface area (Å²) in [6.45, 7) is 2.89. The lowest BCUT2D eigenvalue weighted by molar-refractivity contribution is -0.394. The van der Waals surface area contributed by atoms with Gasteiger partial charge in [0.05, 0.1) is 21.6 Å². The molecule has 27 heavy (non-hydrogen) atoms. The fraction of sp³-hybridized carbons (Fsp3) is 0.133. The monoisotopic (exact) mass is 375 g/mol. The Morgan fingerprint density at radius 1 is 1.00 bits per heavy atom. The van der Waals surface area contributed by atoms with E-state index in [4.69, 9.17) is 0 Å². The molecule has 2 aromatic carbocycles. The molecule has 0 heterocycles. The van der Waals surface area contributed by atoms with Crippen LogP contribution in [0.4, 0.5) is 28.4 Å². The summed E-state index contributed by atoms with van der Waals surface area (Å²) in [5.74, 6) is -1.78. The van der Waals surface area contributed by atoms with Gasteiger partial charge in [-0.25, -0.2) is 0 Å². The van der Waals surface area contributed by atoms with Crippen LogP contribution < -0.4 is 5.32 Å². The minimum absolute atomic E-state index is 0.0608. The van der Waals surface area contributed by atoms with E-state index in [0.29, 0.717) is 11.6 Å². The van der Waals surface area contributed by atoms with Crippen molar-refractivity contribution in [3.63, 3.8) is 0 Å². The average Bonchev–Trinajstić information content (AvgIpc) is 2.56. The predicted octanol–water partition coefficient (Wildman–Crippen LogP) is 3.60. The molecule has 0 unspecified atom stereocenters. The zero-order valence-electron chi connectivity index (χ0n) is 14.0. The Balaban J connectivity index is 2.55. The molecule has 0 atom stereocenters. The number of hydrogen-bond donors (Lipinski definition) is 3. The van der Waals surface area contributed by atoms with Gasteiger partial charge < -0.3 is 15.5 Å². The third kappa shape index (κ3) is 4.31. The van der Waals surface area contributed by atoms with E-state index in [0.717, 1.165) is 6.07 Å². The van der Waals surface area contributed by atoms with Crippen LogP contribution in [0, 0.1) is 27.2 Å². The maximum atomic E-state index is 11.2. The number of phenols is 2. The molecule has 140 valence electrons. The number of amides is 1. The van der Waals surface area contributed by atoms with Crippen LogP contribution in [0.5, 0.6) is 11.5 Å². The SMILES string of the molecule is CC(=O)Nc1cc(C)cc(N=Nc2cc([N+](=O)[O-])cc([N+](=O)[O-])c2O)c1O. The van der Waals surface area contributed by atoms with Crippen molar-refractivity contribution in [3.8, 4) is 11.5 Å². The van der Waals surface area contributed by atoms with Crippen LogP contribution in [-0.2, 0) is 4.79 Å². The fourth-order valence-corrected chi connectivity index (χ4v) is 2.14. The van der Waals surface area contributed by atoms with E-state index < -0.39 is 44.3 Å². The largest absolute Gasteiger partial charge is 0.504 e. The summed E-state index contributed by atoms with van der Waals surface area (Å²) in [4.78, 5) is 31.1. The minimum atomic E-state index is -1.000. The topological polar surface area (TPSA) is 181 Å². The van der Waals surface area contributed by atoms with Gasteiger partial charge in [-0.15, -0.1) is 10.2 Å². The third-order valence-corrected chi connectivity index (χ3v) is 3.27. The van der Waals surface area contributed by atoms with E-state index >= 15 is 0 Å². The highest BCUT2D eigenvalue weighted by Crippen LogP contribution is 2.42. The standard InChI is InChI=1S/C15H13N5O7/c1-7-3-10(16-8(2)21)14(22)11(4-7)17-18-12-5-9(19(24)25)6-13(15(12)23)20(26)27/h3-6,22-23H,1-2H3,(H,16,21). The second kappa shape index (κ2) is 7.43. The molecular weight excluding hydrogens is 362 g/mol. The van der Waals surface area contributed by atoms with Crippen molar-refractivity contribution in [2.75, 3.05) is 5.32 Å². The van der Waals surface area contributed by atoms with Gasteiger partial charge in [0, 0.05) is 13.0 Å². The fourth-order valence-electron chi connectivity index (χ4n) is 2.14. The first-order chi connectivity index (χ1) is 12.6. The first-order valence-corrected chi connectivity index (χ1v) is 7.29. The quantitative estimate of drug-likeness (QED) is 0.309. The molecule has 0 fully saturated rings. The number of azo groups is 1. The smallest absolute Gasteiger partial charge is 0.319 e. The molecule has 0 aliphatic carbocycles. The van der Waals surface area contributed by atoms with E-state index in [2.05, 4.69) is 15.5 Å². The van der Waals surface area contributed by atoms with Crippen LogP contribution in [-0.4, -0.2) is 26.0 Å². The Morgan fingerprint density at radius 3 is 2.11 bits per heavy atom. The number of carbonyl (C=O) groups excluding carboxylic acids is 1. The van der Waals surface area contributed by atoms with Gasteiger partial charge in [0.2, 0.25) is 11.7 Å². The highest BCUT2D eigenvalue weighted by atomic mass is 16.6. The van der Waals surface area contributed by atoms with Gasteiger partial charge in [0.25, 0.3) is 5.69 Å². The number of non-ortho nitro benzene ring substituents is 1. The molecule has 0 radical (unpaired) electrons. The zero-order chi connectivity index (χ0) is 20.3. The number of aromatic hydroxyl groups is 2. The molecule has 0 aliphatic heterocycles. The molecule has 0 saturated carbocycles. The van der Waals surface area contributed by atoms with Crippen LogP contribution in [0.15, 0.2) is 34.5 Å². The van der Waals surface area contributed by atoms with Gasteiger partial charge in [0.1, 0.15) is 11.4 Å². The van der Waals surface area contributed by atoms with Gasteiger partial charge >= 0.3 is 5.69 Å². The number of benzene rings is 2. The number of nitro groups is 2. The second-order valence-electron chi connectivity index (χ2n) is 5.41. The number of rotatable bonds is 5. The normalized spacial score (nSPS) is 10.7. The number of hydrogen-bond acceptors (Lipinski definition) is 9. The molecule has 0 saturated heterocycles. The molecule has 2 aromatic rings. The molecule has 0 aromatic heterocycles. The van der Waals surface area contributed by atoms with Gasteiger partial charge in [-0.05, 0) is 24.6 Å². The molecule has 12 nitrogen and oxygen atoms in total. The number of nitro benzene ring substituents is 2. The number of anilines is 1. The van der Waals surface area contributed by atoms with Crippen LogP contribution >= 0.6 is 0 Å². The van der Waals surface area contributed by atoms with Gasteiger partial charge in [-0.1, -0.05) is 0 Å². The minimum Gasteiger partial charge on any atom is -0.504 e. The third-order valence-electron chi connectivity index (χ3n) is 3.27. The molecule has 12 heteroatoms. The lowest BCUT2D eigenvalue weighted by atomic mass is 10.1. The Kier molecular flexibility index (Phi) is 5.29. The summed E-state index contributed by atoms with van der Waals surface area (Å²) in [7, 11) is 0. The van der Waals surface area contributed by atoms with Crippen molar-refractivity contribution in [2.45, 2.75) is 13.8 Å². The van der Waals surface area contributed by atoms with E-state index in [1.54, 1.807) is 6.92 Å². The lowest BCUT2D eigenvalue weighted by Gasteiger charge is -2.08. The number of nitrogens with zero attached hydrogens (tertiary/aromatic N) is 4. The number of aryl methyl sites for hydroxylation is 1. The zero-order valence-corrected chi connectivity index (χ0v) is 14.0. The Hall–Kier alpha value is -4.09. The lowest BCUT2D eigenvalue weighted by Crippen LogP contribution is -2.06. The summed E-state index contributed by atoms with van der Waals surface area (Å²) in [6, 6.07) is 4.26. The van der Waals surface area contributed by atoms with E-state index in [-0.39, 0.29) is 11.4 Å². The van der Waals surface area contributed by atoms with E-state index in [1.807, 2.05) is 0 Å². The van der Waals surface area contributed by atoms with Crippen molar-refractivity contribution < 1.29 is 24.9 Å². The van der Waals surface area contributed by atoms with Gasteiger partial charge in [0.15, 0.2) is 5.75 Å². The van der Waals surface area contributed by atoms with E-state index in [9.17, 15) is 35.2 Å². The van der Waals surface area contributed by atoms with Crippen LogP contribution in [0.1, 0.15) is 12.5 Å². The first-order valence-electron chi connectivity index (χ1n) is 7.29. The first kappa shape index (κ1) is 19.2. The summed E-state index contributed by atoms with van der Waals surface area (Å²) < 4.78 is 0. The highest BCUT2D eigenvalue weighted by molar-refractivity contribution is 5.91. The van der Waals surface area contributed by atoms with Crippen molar-refractivity contribution in [1.29, 1.82) is 0 Å². The van der Waals surface area contributed by atoms with Gasteiger partial charge in [-0.2, -0.15) is 0 Å². The summed E-state index contributed by atoms with van der Waals surface area (Å²) >= 11 is 0. The summed E-state index contributed by atoms with van der Waals surface area (Å²) in [5, 5.41) is 51.6. The molecule has 2 rings (SSSR count). The molecule has 0 spiro atoms. The van der Waals surface area contributed by atoms with Gasteiger partial charge in [-0.3, -0.25) is 25.0 Å². The number of phenolic OH excluding ortho intramolecular Hbond substituents is 2. The molecule has 0 aliphatic rings. The number of carbonyl (C=O) groups is 1. The highest BCUT2D eigenvalue weighted by Gasteiger charge is 2.24. The van der Waals surface area contributed by atoms with Crippen molar-refractivity contribution in [1.82, 2.24) is 0 Å². The average molecular weight is 375 g/mol. The molecular formula is C15H13N5O7. The van der Waals surface area contributed by atoms with Crippen LogP contribution in [0.25, 0.3) is 0 Å². The maximum absolute atomic E-state index is 11.2. The molecule has 1 amide bonds. The van der Waals surface area contributed by atoms with Crippen molar-refractivity contribution >= 4 is 34.3 Å². The predicted molar refractivity (Wildman–Crippen MR) is 92.7 cm³/mol. The maximum Gasteiger partial charge on any atom is 0.319 e. The second-order valence-corrected chi connectivity index (χ2v) is 5.41. The number of nitrogens with one attached hydrogen (secondary N) is 1. The Bertz CT molecular complexity index is 987. The Morgan fingerprint density at radius 2 is 1.59 bits per heavy atom. The molecule has 0 bridgehead atoms. The van der Waals surface area contributed by atoms with Crippen molar-refractivity contribution in [3.05, 3.63) is 50.1 Å². The summed E-state index contributed by atoms with van der Waals surface area (Å²) in [6.07, 6.45) is 0.